The van der Waals surface area contributed by atoms with Crippen LogP contribution in [-0.2, 0) is 14.3 Å². The Morgan fingerprint density at radius 2 is 1.71 bits per heavy atom. The van der Waals surface area contributed by atoms with Crippen LogP contribution in [0.25, 0.3) is 0 Å². The first-order chi connectivity index (χ1) is 16.7. The standard InChI is InChI=1S/C26H32F3N3O3/c1-5-17(6-2)25(33)30-21-7-8-23(22(29)14-21)32-10-9-31(15-16(32)3)24(26(34)35-4)18-11-19(27)13-20(28)12-18/h7-8,11-14,16-17,24H,5-6,9-10,15H2,1-4H3,(H,30,33). The third-order valence-corrected chi connectivity index (χ3v) is 6.53. The summed E-state index contributed by atoms with van der Waals surface area (Å²) in [6.07, 6.45) is 1.42. The number of benzene rings is 2. The van der Waals surface area contributed by atoms with E-state index >= 15 is 4.39 Å². The van der Waals surface area contributed by atoms with Crippen molar-refractivity contribution in [1.82, 2.24) is 4.90 Å². The van der Waals surface area contributed by atoms with Crippen LogP contribution in [-0.4, -0.2) is 49.6 Å². The molecule has 1 amide bonds. The van der Waals surface area contributed by atoms with Crippen LogP contribution < -0.4 is 10.2 Å². The number of amides is 1. The molecular weight excluding hydrogens is 459 g/mol. The van der Waals surface area contributed by atoms with Gasteiger partial charge in [0, 0.05) is 43.3 Å². The van der Waals surface area contributed by atoms with Gasteiger partial charge >= 0.3 is 5.97 Å². The SMILES string of the molecule is CCC(CC)C(=O)Nc1ccc(N2CCN(C(C(=O)OC)c3cc(F)cc(F)c3)CC2C)c(F)c1. The summed E-state index contributed by atoms with van der Waals surface area (Å²) in [4.78, 5) is 28.5. The minimum Gasteiger partial charge on any atom is -0.468 e. The molecule has 1 N–H and O–H groups in total. The normalized spacial score (nSPS) is 17.4. The monoisotopic (exact) mass is 491 g/mol. The Labute approximate surface area is 204 Å². The highest BCUT2D eigenvalue weighted by Gasteiger charge is 2.35. The van der Waals surface area contributed by atoms with E-state index < -0.39 is 29.5 Å². The largest absolute Gasteiger partial charge is 0.468 e. The fourth-order valence-electron chi connectivity index (χ4n) is 4.64. The van der Waals surface area contributed by atoms with Crippen LogP contribution in [0.5, 0.6) is 0 Å². The molecule has 0 radical (unpaired) electrons. The number of hydrogen-bond acceptors (Lipinski definition) is 5. The zero-order valence-corrected chi connectivity index (χ0v) is 20.5. The molecule has 1 fully saturated rings. The topological polar surface area (TPSA) is 61.9 Å². The van der Waals surface area contributed by atoms with Crippen LogP contribution in [0.15, 0.2) is 36.4 Å². The van der Waals surface area contributed by atoms with Crippen LogP contribution in [0.4, 0.5) is 24.5 Å². The highest BCUT2D eigenvalue weighted by molar-refractivity contribution is 5.92. The van der Waals surface area contributed by atoms with Crippen LogP contribution >= 0.6 is 0 Å². The van der Waals surface area contributed by atoms with E-state index in [9.17, 15) is 18.4 Å². The van der Waals surface area contributed by atoms with E-state index in [0.717, 1.165) is 18.2 Å². The number of ether oxygens (including phenoxy) is 1. The Balaban J connectivity index is 1.76. The summed E-state index contributed by atoms with van der Waals surface area (Å²) in [6, 6.07) is 6.40. The van der Waals surface area contributed by atoms with E-state index in [-0.39, 0.29) is 23.4 Å². The second-order valence-corrected chi connectivity index (χ2v) is 8.83. The van der Waals surface area contributed by atoms with Crippen molar-refractivity contribution in [3.63, 3.8) is 0 Å². The lowest BCUT2D eigenvalue weighted by Gasteiger charge is -2.43. The maximum atomic E-state index is 15.1. The summed E-state index contributed by atoms with van der Waals surface area (Å²) >= 11 is 0. The molecular formula is C26H32F3N3O3. The van der Waals surface area contributed by atoms with Gasteiger partial charge in [0.1, 0.15) is 23.5 Å². The number of carbonyl (C=O) groups is 2. The van der Waals surface area contributed by atoms with Gasteiger partial charge in [-0.2, -0.15) is 0 Å². The van der Waals surface area contributed by atoms with E-state index in [1.165, 1.54) is 13.2 Å². The molecule has 2 unspecified atom stereocenters. The van der Waals surface area contributed by atoms with Crippen molar-refractivity contribution in [1.29, 1.82) is 0 Å². The Bertz CT molecular complexity index is 1040. The van der Waals surface area contributed by atoms with Crippen molar-refractivity contribution >= 4 is 23.3 Å². The fraction of sp³-hybridized carbons (Fsp3) is 0.462. The molecule has 190 valence electrons. The van der Waals surface area contributed by atoms with Crippen molar-refractivity contribution in [3.05, 3.63) is 59.4 Å². The lowest BCUT2D eigenvalue weighted by molar-refractivity contribution is -0.147. The lowest BCUT2D eigenvalue weighted by Crippen LogP contribution is -2.54. The van der Waals surface area contributed by atoms with Crippen LogP contribution in [0.1, 0.15) is 45.2 Å². The first-order valence-corrected chi connectivity index (χ1v) is 11.8. The molecule has 2 aromatic rings. The van der Waals surface area contributed by atoms with Gasteiger partial charge < -0.3 is 15.0 Å². The molecule has 0 spiro atoms. The molecule has 3 rings (SSSR count). The third-order valence-electron chi connectivity index (χ3n) is 6.53. The van der Waals surface area contributed by atoms with Crippen LogP contribution in [0, 0.1) is 23.4 Å². The van der Waals surface area contributed by atoms with E-state index in [1.807, 2.05) is 25.7 Å². The van der Waals surface area contributed by atoms with Crippen molar-refractivity contribution in [3.8, 4) is 0 Å². The highest BCUT2D eigenvalue weighted by Crippen LogP contribution is 2.31. The zero-order valence-electron chi connectivity index (χ0n) is 20.5. The third kappa shape index (κ3) is 6.14. The first kappa shape index (κ1) is 26.5. The average molecular weight is 492 g/mol. The smallest absolute Gasteiger partial charge is 0.327 e. The number of methoxy groups -OCH3 is 1. The Hall–Kier alpha value is -3.07. The van der Waals surface area contributed by atoms with Gasteiger partial charge in [-0.1, -0.05) is 13.8 Å². The van der Waals surface area contributed by atoms with Crippen LogP contribution in [0.3, 0.4) is 0 Å². The quantitative estimate of drug-likeness (QED) is 0.532. The predicted molar refractivity (Wildman–Crippen MR) is 129 cm³/mol. The number of nitrogens with one attached hydrogen (secondary N) is 1. The number of piperazine rings is 1. The predicted octanol–water partition coefficient (Wildman–Crippen LogP) is 4.90. The van der Waals surface area contributed by atoms with E-state index in [0.29, 0.717) is 43.9 Å². The minimum atomic E-state index is -0.984. The molecule has 2 atom stereocenters. The molecule has 0 aromatic heterocycles. The molecule has 0 saturated carbocycles. The van der Waals surface area contributed by atoms with Gasteiger partial charge in [-0.25, -0.2) is 18.0 Å². The number of anilines is 2. The van der Waals surface area contributed by atoms with Gasteiger partial charge in [-0.05, 0) is 55.7 Å². The number of rotatable bonds is 8. The molecule has 1 saturated heterocycles. The Morgan fingerprint density at radius 3 is 2.26 bits per heavy atom. The minimum absolute atomic E-state index is 0.125. The number of esters is 1. The Morgan fingerprint density at radius 1 is 1.06 bits per heavy atom. The van der Waals surface area contributed by atoms with Crippen LogP contribution in [0.2, 0.25) is 0 Å². The van der Waals surface area contributed by atoms with Gasteiger partial charge in [0.25, 0.3) is 0 Å². The second kappa shape index (κ2) is 11.6. The van der Waals surface area contributed by atoms with Gasteiger partial charge in [0.2, 0.25) is 5.91 Å². The fourth-order valence-corrected chi connectivity index (χ4v) is 4.64. The first-order valence-electron chi connectivity index (χ1n) is 11.8. The Kier molecular flexibility index (Phi) is 8.77. The number of hydrogen-bond donors (Lipinski definition) is 1. The zero-order chi connectivity index (χ0) is 25.7. The van der Waals surface area contributed by atoms with Crippen molar-refractivity contribution < 1.29 is 27.5 Å². The maximum absolute atomic E-state index is 15.1. The number of nitrogens with zero attached hydrogens (tertiary/aromatic N) is 2. The summed E-state index contributed by atoms with van der Waals surface area (Å²) in [5.74, 6) is -2.91. The van der Waals surface area contributed by atoms with E-state index in [2.05, 4.69) is 5.32 Å². The van der Waals surface area contributed by atoms with Gasteiger partial charge in [-0.3, -0.25) is 9.69 Å². The molecule has 1 aliphatic rings. The number of carbonyl (C=O) groups excluding carboxylic acids is 2. The summed E-state index contributed by atoms with van der Waals surface area (Å²) in [6.45, 7) is 6.82. The summed E-state index contributed by atoms with van der Waals surface area (Å²) in [7, 11) is 1.23. The van der Waals surface area contributed by atoms with Gasteiger partial charge in [-0.15, -0.1) is 0 Å². The van der Waals surface area contributed by atoms with Crippen molar-refractivity contribution in [2.75, 3.05) is 37.0 Å². The van der Waals surface area contributed by atoms with E-state index in [1.54, 1.807) is 17.0 Å². The number of halogens is 3. The molecule has 9 heteroatoms. The van der Waals surface area contributed by atoms with E-state index in [4.69, 9.17) is 4.74 Å². The molecule has 35 heavy (non-hydrogen) atoms. The molecule has 2 aromatic carbocycles. The highest BCUT2D eigenvalue weighted by atomic mass is 19.1. The van der Waals surface area contributed by atoms with Gasteiger partial charge in [0.15, 0.2) is 0 Å². The average Bonchev–Trinajstić information content (AvgIpc) is 2.80. The van der Waals surface area contributed by atoms with Gasteiger partial charge in [0.05, 0.1) is 12.8 Å². The van der Waals surface area contributed by atoms with Crippen molar-refractivity contribution in [2.45, 2.75) is 45.7 Å². The summed E-state index contributed by atoms with van der Waals surface area (Å²) in [5, 5.41) is 2.78. The molecule has 1 aliphatic heterocycles. The van der Waals surface area contributed by atoms with Crippen molar-refractivity contribution in [2.24, 2.45) is 5.92 Å². The second-order valence-electron chi connectivity index (χ2n) is 8.83. The molecule has 1 heterocycles. The molecule has 6 nitrogen and oxygen atoms in total. The summed E-state index contributed by atoms with van der Waals surface area (Å²) in [5.41, 5.74) is 0.941. The summed E-state index contributed by atoms with van der Waals surface area (Å²) < 4.78 is 47.6. The molecule has 0 aliphatic carbocycles. The lowest BCUT2D eigenvalue weighted by atomic mass is 10.0. The molecule has 0 bridgehead atoms. The maximum Gasteiger partial charge on any atom is 0.327 e.